The first-order valence-electron chi connectivity index (χ1n) is 6.76. The number of hydrogen-bond donors (Lipinski definition) is 0. The molecule has 0 saturated heterocycles. The van der Waals surface area contributed by atoms with Crippen LogP contribution in [-0.2, 0) is 14.8 Å². The predicted molar refractivity (Wildman–Crippen MR) is 77.6 cm³/mol. The largest absolute Gasteiger partial charge is 0.381 e. The van der Waals surface area contributed by atoms with Gasteiger partial charge in [-0.05, 0) is 25.5 Å². The summed E-state index contributed by atoms with van der Waals surface area (Å²) in [6.07, 6.45) is 0.926. The van der Waals surface area contributed by atoms with Gasteiger partial charge in [0.15, 0.2) is 5.78 Å². The van der Waals surface area contributed by atoms with Crippen molar-refractivity contribution in [1.29, 1.82) is 0 Å². The van der Waals surface area contributed by atoms with Crippen molar-refractivity contribution in [2.45, 2.75) is 19.8 Å². The van der Waals surface area contributed by atoms with E-state index in [1.807, 2.05) is 6.92 Å². The molecule has 0 amide bonds. The summed E-state index contributed by atoms with van der Waals surface area (Å²) < 4.78 is 31.3. The van der Waals surface area contributed by atoms with E-state index in [-0.39, 0.29) is 18.1 Å². The van der Waals surface area contributed by atoms with Gasteiger partial charge in [-0.3, -0.25) is 9.10 Å². The summed E-state index contributed by atoms with van der Waals surface area (Å²) in [7, 11) is -3.46. The molecule has 2 rings (SSSR count). The van der Waals surface area contributed by atoms with Gasteiger partial charge in [0.1, 0.15) is 0 Å². The SMILES string of the molecule is CCOCCS(=O)(=O)N1CCCC(=O)c2ccccc21. The van der Waals surface area contributed by atoms with Crippen LogP contribution in [0, 0.1) is 0 Å². The van der Waals surface area contributed by atoms with Crippen molar-refractivity contribution in [3.63, 3.8) is 0 Å². The van der Waals surface area contributed by atoms with Crippen LogP contribution >= 0.6 is 0 Å². The van der Waals surface area contributed by atoms with Crippen molar-refractivity contribution in [1.82, 2.24) is 0 Å². The molecule has 110 valence electrons. The van der Waals surface area contributed by atoms with Gasteiger partial charge in [0, 0.05) is 25.1 Å². The number of ether oxygens (including phenoxy) is 1. The minimum absolute atomic E-state index is 0.00288. The van der Waals surface area contributed by atoms with Gasteiger partial charge in [0.05, 0.1) is 18.0 Å². The first kappa shape index (κ1) is 15.0. The highest BCUT2D eigenvalue weighted by molar-refractivity contribution is 7.92. The number of carbonyl (C=O) groups excluding carboxylic acids is 1. The van der Waals surface area contributed by atoms with Crippen LogP contribution in [-0.4, -0.2) is 39.7 Å². The third-order valence-electron chi connectivity index (χ3n) is 3.26. The number of fused-ring (bicyclic) bond motifs is 1. The molecular weight excluding hydrogens is 278 g/mol. The van der Waals surface area contributed by atoms with Gasteiger partial charge in [-0.15, -0.1) is 0 Å². The fourth-order valence-corrected chi connectivity index (χ4v) is 3.69. The van der Waals surface area contributed by atoms with Crippen molar-refractivity contribution in [3.05, 3.63) is 29.8 Å². The van der Waals surface area contributed by atoms with Crippen molar-refractivity contribution in [2.75, 3.05) is 29.8 Å². The molecule has 0 aliphatic carbocycles. The molecule has 20 heavy (non-hydrogen) atoms. The molecule has 1 heterocycles. The lowest BCUT2D eigenvalue weighted by atomic mass is 10.1. The Morgan fingerprint density at radius 3 is 2.80 bits per heavy atom. The standard InChI is InChI=1S/C14H19NO4S/c1-2-19-10-11-20(17,18)15-9-5-8-14(16)12-6-3-4-7-13(12)15/h3-4,6-7H,2,5,8-11H2,1H3. The number of para-hydroxylation sites is 1. The van der Waals surface area contributed by atoms with E-state index in [2.05, 4.69) is 0 Å². The molecule has 1 aliphatic heterocycles. The second-order valence-electron chi connectivity index (χ2n) is 4.63. The fourth-order valence-electron chi connectivity index (χ4n) is 2.27. The van der Waals surface area contributed by atoms with Crippen LogP contribution in [0.1, 0.15) is 30.1 Å². The maximum atomic E-state index is 12.4. The second kappa shape index (κ2) is 6.37. The zero-order valence-electron chi connectivity index (χ0n) is 11.5. The van der Waals surface area contributed by atoms with Gasteiger partial charge in [-0.2, -0.15) is 0 Å². The molecule has 1 aliphatic rings. The summed E-state index contributed by atoms with van der Waals surface area (Å²) in [5.74, 6) is -0.0632. The van der Waals surface area contributed by atoms with Gasteiger partial charge < -0.3 is 4.74 Å². The van der Waals surface area contributed by atoms with E-state index in [4.69, 9.17) is 4.74 Å². The monoisotopic (exact) mass is 297 g/mol. The molecule has 5 nitrogen and oxygen atoms in total. The Morgan fingerprint density at radius 2 is 2.05 bits per heavy atom. The highest BCUT2D eigenvalue weighted by Gasteiger charge is 2.28. The number of Topliss-reactive ketones (excluding diaryl/α,β-unsaturated/α-hetero) is 1. The number of sulfonamides is 1. The van der Waals surface area contributed by atoms with Crippen LogP contribution in [0.5, 0.6) is 0 Å². The van der Waals surface area contributed by atoms with Gasteiger partial charge in [0.25, 0.3) is 0 Å². The summed E-state index contributed by atoms with van der Waals surface area (Å²) in [4.78, 5) is 12.0. The molecule has 0 spiro atoms. The van der Waals surface area contributed by atoms with E-state index in [0.717, 1.165) is 0 Å². The molecule has 0 radical (unpaired) electrons. The van der Waals surface area contributed by atoms with E-state index < -0.39 is 10.0 Å². The predicted octanol–water partition coefficient (Wildman–Crippen LogP) is 1.84. The zero-order valence-corrected chi connectivity index (χ0v) is 12.4. The lowest BCUT2D eigenvalue weighted by molar-refractivity contribution is 0.0983. The molecule has 0 unspecified atom stereocenters. The van der Waals surface area contributed by atoms with E-state index in [1.165, 1.54) is 4.31 Å². The smallest absolute Gasteiger partial charge is 0.237 e. The summed E-state index contributed by atoms with van der Waals surface area (Å²) in [5, 5.41) is 0. The number of nitrogens with zero attached hydrogens (tertiary/aromatic N) is 1. The molecule has 1 aromatic carbocycles. The maximum absolute atomic E-state index is 12.4. The van der Waals surface area contributed by atoms with Gasteiger partial charge in [-0.25, -0.2) is 8.42 Å². The van der Waals surface area contributed by atoms with Crippen LogP contribution in [0.2, 0.25) is 0 Å². The van der Waals surface area contributed by atoms with E-state index in [9.17, 15) is 13.2 Å². The molecule has 0 atom stereocenters. The van der Waals surface area contributed by atoms with Crippen LogP contribution in [0.15, 0.2) is 24.3 Å². The topological polar surface area (TPSA) is 63.7 Å². The third-order valence-corrected chi connectivity index (χ3v) is 5.00. The van der Waals surface area contributed by atoms with Crippen molar-refractivity contribution in [2.24, 2.45) is 0 Å². The van der Waals surface area contributed by atoms with E-state index >= 15 is 0 Å². The number of benzene rings is 1. The normalized spacial score (nSPS) is 15.8. The Morgan fingerprint density at radius 1 is 1.30 bits per heavy atom. The molecule has 1 aromatic rings. The summed E-state index contributed by atoms with van der Waals surface area (Å²) in [5.41, 5.74) is 0.983. The minimum Gasteiger partial charge on any atom is -0.381 e. The Hall–Kier alpha value is -1.40. The lowest BCUT2D eigenvalue weighted by Gasteiger charge is -2.24. The molecule has 6 heteroatoms. The highest BCUT2D eigenvalue weighted by Crippen LogP contribution is 2.28. The van der Waals surface area contributed by atoms with E-state index in [0.29, 0.717) is 37.2 Å². The number of ketones is 1. The molecule has 0 aromatic heterocycles. The average Bonchev–Trinajstić information content (AvgIpc) is 2.59. The molecule has 0 bridgehead atoms. The third kappa shape index (κ3) is 3.19. The number of rotatable bonds is 5. The quantitative estimate of drug-likeness (QED) is 0.778. The van der Waals surface area contributed by atoms with Crippen LogP contribution < -0.4 is 4.31 Å². The number of hydrogen-bond acceptors (Lipinski definition) is 4. The fraction of sp³-hybridized carbons (Fsp3) is 0.500. The summed E-state index contributed by atoms with van der Waals surface area (Å²) >= 11 is 0. The first-order valence-corrected chi connectivity index (χ1v) is 8.37. The van der Waals surface area contributed by atoms with E-state index in [1.54, 1.807) is 24.3 Å². The number of anilines is 1. The van der Waals surface area contributed by atoms with Crippen molar-refractivity contribution < 1.29 is 17.9 Å². The molecule has 0 fully saturated rings. The summed E-state index contributed by atoms with van der Waals surface area (Å²) in [6, 6.07) is 6.89. The van der Waals surface area contributed by atoms with Crippen molar-refractivity contribution >= 4 is 21.5 Å². The Labute approximate surface area is 119 Å². The first-order chi connectivity index (χ1) is 9.56. The van der Waals surface area contributed by atoms with Crippen LogP contribution in [0.3, 0.4) is 0 Å². The lowest BCUT2D eigenvalue weighted by Crippen LogP contribution is -2.35. The molecule has 0 N–H and O–H groups in total. The van der Waals surface area contributed by atoms with Crippen LogP contribution in [0.25, 0.3) is 0 Å². The Bertz CT molecular complexity index is 583. The molecular formula is C14H19NO4S. The minimum atomic E-state index is -3.46. The van der Waals surface area contributed by atoms with Gasteiger partial charge >= 0.3 is 0 Å². The second-order valence-corrected chi connectivity index (χ2v) is 6.64. The summed E-state index contributed by atoms with van der Waals surface area (Å²) in [6.45, 7) is 2.83. The van der Waals surface area contributed by atoms with Crippen molar-refractivity contribution in [3.8, 4) is 0 Å². The zero-order chi connectivity index (χ0) is 14.6. The van der Waals surface area contributed by atoms with Gasteiger partial charge in [0.2, 0.25) is 10.0 Å². The average molecular weight is 297 g/mol. The van der Waals surface area contributed by atoms with Crippen LogP contribution in [0.4, 0.5) is 5.69 Å². The molecule has 0 saturated carbocycles. The highest BCUT2D eigenvalue weighted by atomic mass is 32.2. The number of carbonyl (C=O) groups is 1. The van der Waals surface area contributed by atoms with Gasteiger partial charge in [-0.1, -0.05) is 12.1 Å². The Balaban J connectivity index is 2.32. The Kier molecular flexibility index (Phi) is 4.77. The maximum Gasteiger partial charge on any atom is 0.237 e.